The molecule has 0 atom stereocenters. The molecule has 20 heavy (non-hydrogen) atoms. The van der Waals surface area contributed by atoms with Crippen LogP contribution in [0.4, 0.5) is 8.78 Å². The fourth-order valence-corrected chi connectivity index (χ4v) is 3.51. The molecule has 0 heterocycles. The van der Waals surface area contributed by atoms with Crippen LogP contribution < -0.4 is 0 Å². The number of carbonyl (C=O) groups is 1. The molecule has 5 nitrogen and oxygen atoms in total. The molecule has 1 aromatic carbocycles. The van der Waals surface area contributed by atoms with E-state index in [-0.39, 0.29) is 20.5 Å². The van der Waals surface area contributed by atoms with Crippen molar-refractivity contribution >= 4 is 31.9 Å². The van der Waals surface area contributed by atoms with Crippen LogP contribution in [0.1, 0.15) is 15.9 Å². The Morgan fingerprint density at radius 2 is 2.00 bits per heavy atom. The lowest BCUT2D eigenvalue weighted by Crippen LogP contribution is -2.32. The molecule has 0 fully saturated rings. The molecule has 0 aliphatic heterocycles. The highest BCUT2D eigenvalue weighted by Gasteiger charge is 2.27. The van der Waals surface area contributed by atoms with Gasteiger partial charge in [-0.05, 0) is 24.6 Å². The maximum absolute atomic E-state index is 12.3. The van der Waals surface area contributed by atoms with Crippen molar-refractivity contribution in [3.8, 4) is 0 Å². The van der Waals surface area contributed by atoms with Gasteiger partial charge in [0.1, 0.15) is 0 Å². The molecule has 0 aromatic heterocycles. The first-order valence-electron chi connectivity index (χ1n) is 5.35. The van der Waals surface area contributed by atoms with Crippen LogP contribution in [0.2, 0.25) is 0 Å². The Labute approximate surface area is 123 Å². The lowest BCUT2D eigenvalue weighted by Gasteiger charge is -2.19. The van der Waals surface area contributed by atoms with Crippen molar-refractivity contribution in [2.75, 3.05) is 13.6 Å². The zero-order valence-electron chi connectivity index (χ0n) is 10.6. The van der Waals surface area contributed by atoms with Gasteiger partial charge in [-0.2, -0.15) is 4.31 Å². The smallest absolute Gasteiger partial charge is 0.335 e. The van der Waals surface area contributed by atoms with Crippen molar-refractivity contribution in [2.24, 2.45) is 0 Å². The van der Waals surface area contributed by atoms with E-state index in [0.717, 1.165) is 13.1 Å². The van der Waals surface area contributed by atoms with Crippen molar-refractivity contribution < 1.29 is 27.1 Å². The first-order chi connectivity index (χ1) is 9.07. The van der Waals surface area contributed by atoms with Gasteiger partial charge in [0.05, 0.1) is 17.0 Å². The molecule has 0 radical (unpaired) electrons. The number of benzene rings is 1. The van der Waals surface area contributed by atoms with Gasteiger partial charge in [0.2, 0.25) is 10.0 Å². The molecule has 0 saturated carbocycles. The van der Waals surface area contributed by atoms with Crippen LogP contribution in [-0.4, -0.2) is 43.8 Å². The molecule has 0 spiro atoms. The molecule has 0 bridgehead atoms. The van der Waals surface area contributed by atoms with Gasteiger partial charge in [-0.25, -0.2) is 22.0 Å². The summed E-state index contributed by atoms with van der Waals surface area (Å²) in [5.41, 5.74) is 0.0163. The van der Waals surface area contributed by atoms with Crippen LogP contribution in [0.3, 0.4) is 0 Å². The van der Waals surface area contributed by atoms with Gasteiger partial charge in [-0.3, -0.25) is 0 Å². The zero-order valence-corrected chi connectivity index (χ0v) is 13.0. The topological polar surface area (TPSA) is 74.7 Å². The quantitative estimate of drug-likeness (QED) is 0.861. The van der Waals surface area contributed by atoms with Gasteiger partial charge in [0.25, 0.3) is 6.43 Å². The highest BCUT2D eigenvalue weighted by molar-refractivity contribution is 9.10. The summed E-state index contributed by atoms with van der Waals surface area (Å²) < 4.78 is 49.8. The summed E-state index contributed by atoms with van der Waals surface area (Å²) in [6.07, 6.45) is -2.82. The monoisotopic (exact) mass is 371 g/mol. The van der Waals surface area contributed by atoms with Gasteiger partial charge in [-0.1, -0.05) is 15.9 Å². The van der Waals surface area contributed by atoms with E-state index < -0.39 is 29.0 Å². The Morgan fingerprint density at radius 3 is 2.45 bits per heavy atom. The summed E-state index contributed by atoms with van der Waals surface area (Å²) in [5.74, 6) is -1.31. The van der Waals surface area contributed by atoms with Crippen molar-refractivity contribution in [1.82, 2.24) is 4.31 Å². The van der Waals surface area contributed by atoms with Crippen LogP contribution >= 0.6 is 15.9 Å². The fraction of sp³-hybridized carbons (Fsp3) is 0.364. The van der Waals surface area contributed by atoms with Crippen molar-refractivity contribution in [3.63, 3.8) is 0 Å². The summed E-state index contributed by atoms with van der Waals surface area (Å²) in [5, 5.41) is 8.93. The molecule has 1 aromatic rings. The Balaban J connectivity index is 3.41. The second-order valence-corrected chi connectivity index (χ2v) is 6.93. The number of hydrogen-bond acceptors (Lipinski definition) is 3. The normalized spacial score (nSPS) is 12.2. The van der Waals surface area contributed by atoms with E-state index in [1.165, 1.54) is 13.0 Å². The largest absolute Gasteiger partial charge is 0.478 e. The number of aromatic carboxylic acids is 1. The number of hydrogen-bond donors (Lipinski definition) is 1. The highest BCUT2D eigenvalue weighted by atomic mass is 79.9. The second kappa shape index (κ2) is 6.15. The maximum atomic E-state index is 12.3. The molecule has 1 rings (SSSR count). The third-order valence-electron chi connectivity index (χ3n) is 2.63. The molecule has 1 N–H and O–H groups in total. The van der Waals surface area contributed by atoms with Crippen molar-refractivity contribution in [1.29, 1.82) is 0 Å². The van der Waals surface area contributed by atoms with E-state index in [2.05, 4.69) is 15.9 Å². The molecular weight excluding hydrogens is 360 g/mol. The first kappa shape index (κ1) is 17.0. The second-order valence-electron chi connectivity index (χ2n) is 4.06. The van der Waals surface area contributed by atoms with Crippen LogP contribution in [-0.2, 0) is 10.0 Å². The summed E-state index contributed by atoms with van der Waals surface area (Å²) in [6.45, 7) is 0.496. The minimum absolute atomic E-state index is 0.244. The number of alkyl halides is 2. The van der Waals surface area contributed by atoms with E-state index in [9.17, 15) is 22.0 Å². The third kappa shape index (κ3) is 3.53. The summed E-state index contributed by atoms with van der Waals surface area (Å²) in [6, 6.07) is 2.21. The molecule has 0 aliphatic rings. The van der Waals surface area contributed by atoms with Crippen LogP contribution in [0.15, 0.2) is 21.5 Å². The van der Waals surface area contributed by atoms with Gasteiger partial charge in [-0.15, -0.1) is 0 Å². The number of carboxylic acid groups (broad SMARTS) is 1. The number of nitrogens with zero attached hydrogens (tertiary/aromatic N) is 1. The standard InChI is InChI=1S/C11H12BrF2NO4S/c1-6-8(12)3-7(11(16)17)4-9(6)20(18,19)15(2)5-10(13)14/h3-4,10H,5H2,1-2H3,(H,16,17). The number of sulfonamides is 1. The molecular formula is C11H12BrF2NO4S. The lowest BCUT2D eigenvalue weighted by molar-refractivity contribution is 0.0696. The molecule has 0 saturated heterocycles. The van der Waals surface area contributed by atoms with E-state index >= 15 is 0 Å². The molecule has 0 aliphatic carbocycles. The average molecular weight is 372 g/mol. The molecule has 9 heteroatoms. The number of halogens is 3. The number of carboxylic acids is 1. The summed E-state index contributed by atoms with van der Waals surface area (Å²) >= 11 is 3.06. The van der Waals surface area contributed by atoms with E-state index in [0.29, 0.717) is 4.31 Å². The molecule has 112 valence electrons. The van der Waals surface area contributed by atoms with Crippen molar-refractivity contribution in [2.45, 2.75) is 18.2 Å². The van der Waals surface area contributed by atoms with Crippen LogP contribution in [0, 0.1) is 6.92 Å². The van der Waals surface area contributed by atoms with Gasteiger partial charge in [0.15, 0.2) is 0 Å². The Kier molecular flexibility index (Phi) is 5.22. The Bertz CT molecular complexity index is 634. The lowest BCUT2D eigenvalue weighted by atomic mass is 10.1. The summed E-state index contributed by atoms with van der Waals surface area (Å²) in [4.78, 5) is 10.6. The zero-order chi connectivity index (χ0) is 15.7. The van der Waals surface area contributed by atoms with Gasteiger partial charge < -0.3 is 5.11 Å². The van der Waals surface area contributed by atoms with Crippen LogP contribution in [0.5, 0.6) is 0 Å². The first-order valence-corrected chi connectivity index (χ1v) is 7.58. The van der Waals surface area contributed by atoms with E-state index in [1.54, 1.807) is 0 Å². The highest BCUT2D eigenvalue weighted by Crippen LogP contribution is 2.28. The Hall–Kier alpha value is -1.06. The number of rotatable bonds is 5. The minimum atomic E-state index is -4.18. The summed E-state index contributed by atoms with van der Waals surface area (Å²) in [7, 11) is -3.17. The predicted molar refractivity (Wildman–Crippen MR) is 71.7 cm³/mol. The third-order valence-corrected chi connectivity index (χ3v) is 5.40. The fourth-order valence-electron chi connectivity index (χ4n) is 1.51. The molecule has 0 amide bonds. The minimum Gasteiger partial charge on any atom is -0.478 e. The van der Waals surface area contributed by atoms with E-state index in [1.807, 2.05) is 0 Å². The average Bonchev–Trinajstić information content (AvgIpc) is 2.30. The predicted octanol–water partition coefficient (Wildman–Crippen LogP) is 2.34. The van der Waals surface area contributed by atoms with Gasteiger partial charge >= 0.3 is 5.97 Å². The Morgan fingerprint density at radius 1 is 1.45 bits per heavy atom. The SMILES string of the molecule is Cc1c(Br)cc(C(=O)O)cc1S(=O)(=O)N(C)CC(F)F. The van der Waals surface area contributed by atoms with Gasteiger partial charge in [0, 0.05) is 11.5 Å². The molecule has 0 unspecified atom stereocenters. The maximum Gasteiger partial charge on any atom is 0.335 e. The van der Waals surface area contributed by atoms with Crippen LogP contribution in [0.25, 0.3) is 0 Å². The van der Waals surface area contributed by atoms with E-state index in [4.69, 9.17) is 5.11 Å². The van der Waals surface area contributed by atoms with Crippen molar-refractivity contribution in [3.05, 3.63) is 27.7 Å².